The van der Waals surface area contributed by atoms with E-state index in [4.69, 9.17) is 4.74 Å². The van der Waals surface area contributed by atoms with Gasteiger partial charge < -0.3 is 14.8 Å². The van der Waals surface area contributed by atoms with E-state index in [1.165, 1.54) is 31.3 Å². The number of likely N-dealkylation sites (tertiary alicyclic amines) is 1. The molecule has 1 aromatic rings. The highest BCUT2D eigenvalue weighted by atomic mass is 32.1. The summed E-state index contributed by atoms with van der Waals surface area (Å²) in [7, 11) is 1.37. The zero-order valence-corrected chi connectivity index (χ0v) is 14.8. The zero-order valence-electron chi connectivity index (χ0n) is 14.0. The van der Waals surface area contributed by atoms with E-state index in [0.717, 1.165) is 30.0 Å². The van der Waals surface area contributed by atoms with Crippen LogP contribution in [0.3, 0.4) is 0 Å². The van der Waals surface area contributed by atoms with Gasteiger partial charge in [0.05, 0.1) is 25.3 Å². The van der Waals surface area contributed by atoms with E-state index in [1.807, 2.05) is 5.38 Å². The molecular weight excluding hydrogens is 340 g/mol. The number of aldehydes is 1. The van der Waals surface area contributed by atoms with Crippen molar-refractivity contribution in [1.29, 1.82) is 0 Å². The summed E-state index contributed by atoms with van der Waals surface area (Å²) in [5.41, 5.74) is 1.60. The number of hydrogen-bond acceptors (Lipinski definition) is 8. The molecule has 1 unspecified atom stereocenters. The Hall–Kier alpha value is -2.06. The molecule has 3 aliphatic rings. The number of methoxy groups -OCH3 is 1. The monoisotopic (exact) mass is 360 g/mol. The number of aliphatic imine (C=N–C) groups is 1. The van der Waals surface area contributed by atoms with Gasteiger partial charge in [0, 0.05) is 30.4 Å². The highest BCUT2D eigenvalue weighted by molar-refractivity contribution is 7.11. The number of thiazole rings is 1. The molecule has 1 saturated carbocycles. The lowest BCUT2D eigenvalue weighted by Crippen LogP contribution is -2.41. The van der Waals surface area contributed by atoms with Crippen molar-refractivity contribution < 1.29 is 14.3 Å². The molecule has 1 aromatic heterocycles. The van der Waals surface area contributed by atoms with Crippen molar-refractivity contribution >= 4 is 29.4 Å². The van der Waals surface area contributed by atoms with Crippen LogP contribution in [0.15, 0.2) is 27.8 Å². The van der Waals surface area contributed by atoms with Crippen molar-refractivity contribution in [2.24, 2.45) is 10.4 Å². The summed E-state index contributed by atoms with van der Waals surface area (Å²) in [6.45, 7) is 1.68. The van der Waals surface area contributed by atoms with Gasteiger partial charge in [0.1, 0.15) is 6.29 Å². The van der Waals surface area contributed by atoms with E-state index in [9.17, 15) is 9.59 Å². The quantitative estimate of drug-likeness (QED) is 0.622. The van der Waals surface area contributed by atoms with E-state index in [1.54, 1.807) is 6.20 Å². The number of hydrogen-bond donors (Lipinski definition) is 1. The van der Waals surface area contributed by atoms with Crippen molar-refractivity contribution in [3.8, 4) is 0 Å². The summed E-state index contributed by atoms with van der Waals surface area (Å²) >= 11 is 1.49. The third-order valence-corrected chi connectivity index (χ3v) is 6.00. The molecule has 4 rings (SSSR count). The fourth-order valence-corrected chi connectivity index (χ4v) is 4.25. The van der Waals surface area contributed by atoms with Crippen LogP contribution in [0.2, 0.25) is 0 Å². The van der Waals surface area contributed by atoms with Gasteiger partial charge in [-0.3, -0.25) is 9.89 Å². The van der Waals surface area contributed by atoms with Gasteiger partial charge in [-0.1, -0.05) is 0 Å². The molecule has 7 nitrogen and oxygen atoms in total. The Morgan fingerprint density at radius 1 is 1.56 bits per heavy atom. The maximum atomic E-state index is 12.1. The first-order valence-electron chi connectivity index (χ1n) is 8.35. The van der Waals surface area contributed by atoms with Gasteiger partial charge in [-0.2, -0.15) is 0 Å². The van der Waals surface area contributed by atoms with Crippen molar-refractivity contribution in [3.63, 3.8) is 0 Å². The van der Waals surface area contributed by atoms with E-state index < -0.39 is 0 Å². The number of aromatic nitrogens is 1. The van der Waals surface area contributed by atoms with Gasteiger partial charge in [0.15, 0.2) is 10.8 Å². The van der Waals surface area contributed by atoms with Crippen LogP contribution in [0.25, 0.3) is 0 Å². The second-order valence-electron chi connectivity index (χ2n) is 6.89. The predicted molar refractivity (Wildman–Crippen MR) is 93.4 cm³/mol. The van der Waals surface area contributed by atoms with Crippen LogP contribution in [0, 0.1) is 5.41 Å². The summed E-state index contributed by atoms with van der Waals surface area (Å²) in [6.07, 6.45) is 6.06. The molecule has 1 aliphatic carbocycles. The fraction of sp³-hybridized carbons (Fsp3) is 0.529. The second-order valence-corrected chi connectivity index (χ2v) is 7.78. The van der Waals surface area contributed by atoms with E-state index in [0.29, 0.717) is 23.4 Å². The molecule has 1 N–H and O–H groups in total. The lowest BCUT2D eigenvalue weighted by molar-refractivity contribution is -0.136. The Morgan fingerprint density at radius 3 is 3.04 bits per heavy atom. The Morgan fingerprint density at radius 2 is 2.40 bits per heavy atom. The Labute approximate surface area is 149 Å². The molecule has 0 amide bonds. The number of carbonyl (C=O) groups is 2. The van der Waals surface area contributed by atoms with Crippen LogP contribution >= 0.6 is 11.3 Å². The lowest BCUT2D eigenvalue weighted by atomic mass is 10.0. The first-order chi connectivity index (χ1) is 12.1. The van der Waals surface area contributed by atoms with Crippen LogP contribution in [0.1, 0.15) is 24.3 Å². The number of carbonyl (C=O) groups excluding carboxylic acids is 2. The molecule has 2 fully saturated rings. The molecule has 1 spiro atoms. The van der Waals surface area contributed by atoms with E-state index in [-0.39, 0.29) is 18.6 Å². The van der Waals surface area contributed by atoms with Gasteiger partial charge in [-0.15, -0.1) is 11.3 Å². The van der Waals surface area contributed by atoms with Crippen LogP contribution in [-0.4, -0.2) is 60.8 Å². The van der Waals surface area contributed by atoms with Gasteiger partial charge in [-0.25, -0.2) is 9.78 Å². The number of amidine groups is 1. The molecule has 0 aromatic carbocycles. The van der Waals surface area contributed by atoms with Crippen LogP contribution in [-0.2, 0) is 14.3 Å². The maximum absolute atomic E-state index is 12.1. The number of nitrogens with one attached hydrogen (secondary N) is 1. The average molecular weight is 360 g/mol. The topological polar surface area (TPSA) is 83.9 Å². The third-order valence-electron chi connectivity index (χ3n) is 5.22. The SMILES string of the molecule is COC(=O)C1=C(CN2CC3(CC3)CC2C=O)NC(c2nccs2)=NC1. The lowest BCUT2D eigenvalue weighted by Gasteiger charge is -2.26. The highest BCUT2D eigenvalue weighted by Crippen LogP contribution is 2.54. The predicted octanol–water partition coefficient (Wildman–Crippen LogP) is 0.973. The maximum Gasteiger partial charge on any atom is 0.337 e. The molecule has 2 aliphatic heterocycles. The van der Waals surface area contributed by atoms with Crippen molar-refractivity contribution in [3.05, 3.63) is 27.9 Å². The summed E-state index contributed by atoms with van der Waals surface area (Å²) in [5, 5.41) is 5.93. The molecular formula is C17H20N4O3S. The first-order valence-corrected chi connectivity index (χ1v) is 9.23. The fourth-order valence-electron chi connectivity index (χ4n) is 3.65. The third kappa shape index (κ3) is 3.11. The van der Waals surface area contributed by atoms with E-state index in [2.05, 4.69) is 20.2 Å². The van der Waals surface area contributed by atoms with Crippen molar-refractivity contribution in [1.82, 2.24) is 15.2 Å². The van der Waals surface area contributed by atoms with Gasteiger partial charge >= 0.3 is 5.97 Å². The Kier molecular flexibility index (Phi) is 4.16. The van der Waals surface area contributed by atoms with E-state index >= 15 is 0 Å². The van der Waals surface area contributed by atoms with Crippen LogP contribution in [0.4, 0.5) is 0 Å². The minimum Gasteiger partial charge on any atom is -0.466 e. The molecule has 3 heterocycles. The normalized spacial score (nSPS) is 24.8. The minimum absolute atomic E-state index is 0.0853. The molecule has 132 valence electrons. The summed E-state index contributed by atoms with van der Waals surface area (Å²) in [4.78, 5) is 34.5. The smallest absolute Gasteiger partial charge is 0.337 e. The molecule has 0 bridgehead atoms. The number of rotatable bonds is 5. The molecule has 0 radical (unpaired) electrons. The van der Waals surface area contributed by atoms with Crippen molar-refractivity contribution in [2.75, 3.05) is 26.7 Å². The standard InChI is InChI=1S/C17H20N4O3S/c1-24-16(23)12-7-19-14(15-18-4-5-25-15)20-13(12)8-21-10-17(2-3-17)6-11(21)9-22/h4-5,9,11H,2-3,6-8,10H2,1H3,(H,19,20). The van der Waals surface area contributed by atoms with Gasteiger partial charge in [0.2, 0.25) is 0 Å². The highest BCUT2D eigenvalue weighted by Gasteiger charge is 2.52. The summed E-state index contributed by atoms with van der Waals surface area (Å²) in [5.74, 6) is 0.285. The Bertz CT molecular complexity index is 752. The Balaban J connectivity index is 1.57. The summed E-state index contributed by atoms with van der Waals surface area (Å²) in [6, 6.07) is -0.0853. The van der Waals surface area contributed by atoms with Crippen LogP contribution in [0.5, 0.6) is 0 Å². The molecule has 25 heavy (non-hydrogen) atoms. The molecule has 8 heteroatoms. The number of ether oxygens (including phenoxy) is 1. The van der Waals surface area contributed by atoms with Crippen LogP contribution < -0.4 is 5.32 Å². The number of nitrogens with zero attached hydrogens (tertiary/aromatic N) is 3. The number of esters is 1. The summed E-state index contributed by atoms with van der Waals surface area (Å²) < 4.78 is 4.91. The second kappa shape index (κ2) is 6.34. The zero-order chi connectivity index (χ0) is 17.4. The van der Waals surface area contributed by atoms with Crippen molar-refractivity contribution in [2.45, 2.75) is 25.3 Å². The first kappa shape index (κ1) is 16.4. The largest absolute Gasteiger partial charge is 0.466 e. The minimum atomic E-state index is -0.382. The van der Waals surface area contributed by atoms with Gasteiger partial charge in [0.25, 0.3) is 0 Å². The average Bonchev–Trinajstić information content (AvgIpc) is 3.04. The molecule has 1 atom stereocenters. The van der Waals surface area contributed by atoms with Gasteiger partial charge in [-0.05, 0) is 24.7 Å². The molecule has 1 saturated heterocycles.